The minimum Gasteiger partial charge on any atom is -0.381 e. The summed E-state index contributed by atoms with van der Waals surface area (Å²) in [5, 5.41) is 6.81. The van der Waals surface area contributed by atoms with Gasteiger partial charge in [0.25, 0.3) is 0 Å². The molecule has 6 heteroatoms. The van der Waals surface area contributed by atoms with Crippen molar-refractivity contribution in [2.75, 3.05) is 46.6 Å². The number of nitrogens with one attached hydrogen (secondary N) is 2. The van der Waals surface area contributed by atoms with E-state index in [9.17, 15) is 0 Å². The fraction of sp³-hybridized carbons (Fsp3) is 0.944. The number of hydrogen-bond donors (Lipinski definition) is 2. The second kappa shape index (κ2) is 16.4. The van der Waals surface area contributed by atoms with Crippen LogP contribution in [-0.2, 0) is 9.47 Å². The van der Waals surface area contributed by atoms with Crippen LogP contribution >= 0.6 is 24.0 Å². The number of guanidine groups is 1. The van der Waals surface area contributed by atoms with E-state index in [-0.39, 0.29) is 24.0 Å². The molecule has 1 aliphatic rings. The molecule has 0 amide bonds. The number of rotatable bonds is 12. The van der Waals surface area contributed by atoms with Crippen molar-refractivity contribution in [3.05, 3.63) is 0 Å². The average Bonchev–Trinajstić information content (AvgIpc) is 3.09. The first-order valence-electron chi connectivity index (χ1n) is 9.40. The van der Waals surface area contributed by atoms with Gasteiger partial charge in [0.2, 0.25) is 0 Å². The summed E-state index contributed by atoms with van der Waals surface area (Å²) in [5.74, 6) is 2.25. The Hall–Kier alpha value is -0.0800. The van der Waals surface area contributed by atoms with Crippen molar-refractivity contribution in [1.82, 2.24) is 10.6 Å². The van der Waals surface area contributed by atoms with Crippen molar-refractivity contribution in [2.24, 2.45) is 16.8 Å². The molecule has 144 valence electrons. The summed E-state index contributed by atoms with van der Waals surface area (Å²) in [7, 11) is 1.83. The summed E-state index contributed by atoms with van der Waals surface area (Å²) < 4.78 is 11.1. The summed E-state index contributed by atoms with van der Waals surface area (Å²) in [6.07, 6.45) is 7.26. The summed E-state index contributed by atoms with van der Waals surface area (Å²) in [6, 6.07) is 0. The first-order chi connectivity index (χ1) is 11.3. The average molecular weight is 455 g/mol. The number of nitrogens with zero attached hydrogens (tertiary/aromatic N) is 1. The topological polar surface area (TPSA) is 54.9 Å². The number of unbranched alkanes of at least 4 members (excludes halogenated alkanes) is 1. The quantitative estimate of drug-likeness (QED) is 0.205. The molecule has 1 heterocycles. The largest absolute Gasteiger partial charge is 0.381 e. The van der Waals surface area contributed by atoms with E-state index in [1.807, 2.05) is 7.05 Å². The van der Waals surface area contributed by atoms with Crippen LogP contribution in [0.1, 0.15) is 52.4 Å². The molecule has 2 atom stereocenters. The molecule has 24 heavy (non-hydrogen) atoms. The van der Waals surface area contributed by atoms with Crippen molar-refractivity contribution in [2.45, 2.75) is 52.4 Å². The van der Waals surface area contributed by atoms with Gasteiger partial charge in [-0.15, -0.1) is 24.0 Å². The molecule has 1 aliphatic heterocycles. The van der Waals surface area contributed by atoms with Crippen LogP contribution in [0, 0.1) is 11.8 Å². The second-order valence-electron chi connectivity index (χ2n) is 6.45. The Morgan fingerprint density at radius 2 is 2.12 bits per heavy atom. The predicted octanol–water partition coefficient (Wildman–Crippen LogP) is 3.43. The summed E-state index contributed by atoms with van der Waals surface area (Å²) in [6.45, 7) is 9.82. The highest BCUT2D eigenvalue weighted by atomic mass is 127. The van der Waals surface area contributed by atoms with Crippen LogP contribution in [0.25, 0.3) is 0 Å². The zero-order chi connectivity index (χ0) is 16.8. The Bertz CT molecular complexity index is 311. The fourth-order valence-electron chi connectivity index (χ4n) is 2.75. The molecule has 0 aliphatic carbocycles. The monoisotopic (exact) mass is 455 g/mol. The normalized spacial score (nSPS) is 19.0. The fourth-order valence-corrected chi connectivity index (χ4v) is 2.75. The predicted molar refractivity (Wildman–Crippen MR) is 112 cm³/mol. The lowest BCUT2D eigenvalue weighted by molar-refractivity contribution is 0.0888. The van der Waals surface area contributed by atoms with Crippen LogP contribution in [0.4, 0.5) is 0 Å². The Kier molecular flexibility index (Phi) is 16.3. The first-order valence-corrected chi connectivity index (χ1v) is 9.40. The molecule has 2 unspecified atom stereocenters. The van der Waals surface area contributed by atoms with Gasteiger partial charge in [-0.05, 0) is 25.2 Å². The van der Waals surface area contributed by atoms with E-state index in [1.165, 1.54) is 25.7 Å². The van der Waals surface area contributed by atoms with Gasteiger partial charge in [-0.25, -0.2) is 0 Å². The molecule has 0 bridgehead atoms. The van der Waals surface area contributed by atoms with E-state index in [0.717, 1.165) is 64.2 Å². The molecule has 1 saturated heterocycles. The molecule has 0 aromatic rings. The number of hydrogen-bond acceptors (Lipinski definition) is 3. The van der Waals surface area contributed by atoms with Crippen molar-refractivity contribution in [1.29, 1.82) is 0 Å². The van der Waals surface area contributed by atoms with E-state index in [4.69, 9.17) is 9.47 Å². The highest BCUT2D eigenvalue weighted by molar-refractivity contribution is 14.0. The zero-order valence-corrected chi connectivity index (χ0v) is 18.1. The number of ether oxygens (including phenoxy) is 2. The highest BCUT2D eigenvalue weighted by Gasteiger charge is 2.15. The lowest BCUT2D eigenvalue weighted by Crippen LogP contribution is -2.40. The van der Waals surface area contributed by atoms with Crippen LogP contribution < -0.4 is 10.6 Å². The van der Waals surface area contributed by atoms with Crippen molar-refractivity contribution in [3.8, 4) is 0 Å². The lowest BCUT2D eigenvalue weighted by atomic mass is 9.99. The Morgan fingerprint density at radius 3 is 2.75 bits per heavy atom. The molecule has 2 N–H and O–H groups in total. The van der Waals surface area contributed by atoms with Gasteiger partial charge in [0.1, 0.15) is 0 Å². The summed E-state index contributed by atoms with van der Waals surface area (Å²) >= 11 is 0. The molecule has 1 rings (SSSR count). The van der Waals surface area contributed by atoms with Gasteiger partial charge >= 0.3 is 0 Å². The maximum absolute atomic E-state index is 5.71. The van der Waals surface area contributed by atoms with E-state index >= 15 is 0 Å². The van der Waals surface area contributed by atoms with Gasteiger partial charge in [0.15, 0.2) is 5.96 Å². The second-order valence-corrected chi connectivity index (χ2v) is 6.45. The molecular weight excluding hydrogens is 417 g/mol. The highest BCUT2D eigenvalue weighted by Crippen LogP contribution is 2.12. The standard InChI is InChI=1S/C18H37N3O2.HI/c1-4-6-8-16(5-2)13-21-18(19-3)20-10-7-11-22-14-17-9-12-23-15-17;/h16-17H,4-15H2,1-3H3,(H2,19,20,21);1H. The van der Waals surface area contributed by atoms with Crippen molar-refractivity contribution >= 4 is 29.9 Å². The smallest absolute Gasteiger partial charge is 0.190 e. The summed E-state index contributed by atoms with van der Waals surface area (Å²) in [5.41, 5.74) is 0. The van der Waals surface area contributed by atoms with Crippen molar-refractivity contribution < 1.29 is 9.47 Å². The summed E-state index contributed by atoms with van der Waals surface area (Å²) in [4.78, 5) is 4.29. The zero-order valence-electron chi connectivity index (χ0n) is 15.8. The number of aliphatic imine (C=N–C) groups is 1. The molecular formula is C18H38IN3O2. The number of halogens is 1. The minimum absolute atomic E-state index is 0. The van der Waals surface area contributed by atoms with Crippen LogP contribution in [-0.4, -0.2) is 52.5 Å². The lowest BCUT2D eigenvalue weighted by Gasteiger charge is -2.18. The van der Waals surface area contributed by atoms with Gasteiger partial charge in [-0.3, -0.25) is 4.99 Å². The molecule has 1 fully saturated rings. The van der Waals surface area contributed by atoms with E-state index in [0.29, 0.717) is 5.92 Å². The van der Waals surface area contributed by atoms with Gasteiger partial charge in [0.05, 0.1) is 13.2 Å². The van der Waals surface area contributed by atoms with Crippen LogP contribution in [0.3, 0.4) is 0 Å². The van der Waals surface area contributed by atoms with Crippen molar-refractivity contribution in [3.63, 3.8) is 0 Å². The maximum atomic E-state index is 5.71. The third-order valence-corrected chi connectivity index (χ3v) is 4.46. The molecule has 0 radical (unpaired) electrons. The molecule has 0 spiro atoms. The first kappa shape index (κ1) is 23.9. The van der Waals surface area contributed by atoms with E-state index in [2.05, 4.69) is 29.5 Å². The SMILES string of the molecule is CCCCC(CC)CNC(=NC)NCCCOCC1CCOC1.I. The Labute approximate surface area is 165 Å². The van der Waals surface area contributed by atoms with E-state index in [1.54, 1.807) is 0 Å². The molecule has 0 aromatic heterocycles. The Balaban J connectivity index is 0.00000529. The molecule has 5 nitrogen and oxygen atoms in total. The van der Waals surface area contributed by atoms with Crippen LogP contribution in [0.2, 0.25) is 0 Å². The van der Waals surface area contributed by atoms with Crippen LogP contribution in [0.5, 0.6) is 0 Å². The van der Waals surface area contributed by atoms with Gasteiger partial charge < -0.3 is 20.1 Å². The van der Waals surface area contributed by atoms with Gasteiger partial charge in [-0.2, -0.15) is 0 Å². The molecule has 0 saturated carbocycles. The minimum atomic E-state index is 0. The molecule has 0 aromatic carbocycles. The maximum Gasteiger partial charge on any atom is 0.190 e. The third kappa shape index (κ3) is 11.5. The van der Waals surface area contributed by atoms with Crippen LogP contribution in [0.15, 0.2) is 4.99 Å². The van der Waals surface area contributed by atoms with Gasteiger partial charge in [-0.1, -0.05) is 33.1 Å². The van der Waals surface area contributed by atoms with Gasteiger partial charge in [0, 0.05) is 39.3 Å². The Morgan fingerprint density at radius 1 is 1.29 bits per heavy atom. The van der Waals surface area contributed by atoms with E-state index < -0.39 is 0 Å². The third-order valence-electron chi connectivity index (χ3n) is 4.46.